The zero-order valence-electron chi connectivity index (χ0n) is 9.93. The third kappa shape index (κ3) is 2.78. The van der Waals surface area contributed by atoms with Crippen LogP contribution in [-0.2, 0) is 6.42 Å². The van der Waals surface area contributed by atoms with Crippen LogP contribution in [0.25, 0.3) is 17.5 Å². The van der Waals surface area contributed by atoms with E-state index in [1.165, 1.54) is 0 Å². The molecular weight excluding hydrogens is 208 g/mol. The van der Waals surface area contributed by atoms with Gasteiger partial charge in [0.1, 0.15) is 0 Å². The molecule has 0 saturated heterocycles. The van der Waals surface area contributed by atoms with Crippen molar-refractivity contribution in [3.8, 4) is 11.4 Å². The standard InChI is InChI=1S/C15H15N2/c1-3-5-13-6-8-14(9-7-13)15-16-10-12(4-2)11-17-15/h3,5-11H,1,4H2,2H3/b5-3+. The molecule has 0 amide bonds. The van der Waals surface area contributed by atoms with E-state index in [4.69, 9.17) is 0 Å². The van der Waals surface area contributed by atoms with Crippen LogP contribution in [0.1, 0.15) is 18.1 Å². The SMILES string of the molecule is [CH2]/C=C/c1ccc(-c2ncc(CC)cn2)cc1. The van der Waals surface area contributed by atoms with Gasteiger partial charge in [-0.1, -0.05) is 43.3 Å². The fourth-order valence-electron chi connectivity index (χ4n) is 1.57. The molecule has 0 unspecified atom stereocenters. The normalized spacial score (nSPS) is 10.9. The molecule has 1 radical (unpaired) electrons. The van der Waals surface area contributed by atoms with Gasteiger partial charge >= 0.3 is 0 Å². The average molecular weight is 223 g/mol. The molecule has 17 heavy (non-hydrogen) atoms. The molecule has 0 spiro atoms. The number of aromatic nitrogens is 2. The lowest BCUT2D eigenvalue weighted by atomic mass is 10.1. The second-order valence-corrected chi connectivity index (χ2v) is 3.79. The minimum absolute atomic E-state index is 0.771. The zero-order valence-corrected chi connectivity index (χ0v) is 9.93. The highest BCUT2D eigenvalue weighted by Gasteiger charge is 2.00. The first kappa shape index (κ1) is 11.5. The Morgan fingerprint density at radius 1 is 1.12 bits per heavy atom. The molecule has 2 aromatic rings. The van der Waals surface area contributed by atoms with Gasteiger partial charge in [0.2, 0.25) is 0 Å². The maximum absolute atomic E-state index is 4.35. The van der Waals surface area contributed by atoms with Gasteiger partial charge in [-0.05, 0) is 24.5 Å². The van der Waals surface area contributed by atoms with Crippen molar-refractivity contribution in [1.82, 2.24) is 9.97 Å². The molecule has 0 aliphatic carbocycles. The second-order valence-electron chi connectivity index (χ2n) is 3.79. The summed E-state index contributed by atoms with van der Waals surface area (Å²) in [7, 11) is 0. The summed E-state index contributed by atoms with van der Waals surface area (Å²) in [5.41, 5.74) is 3.33. The maximum Gasteiger partial charge on any atom is 0.159 e. The number of rotatable bonds is 3. The molecule has 0 bridgehead atoms. The molecular formula is C15H15N2. The van der Waals surface area contributed by atoms with E-state index in [0.29, 0.717) is 0 Å². The summed E-state index contributed by atoms with van der Waals surface area (Å²) in [5, 5.41) is 0. The third-order valence-corrected chi connectivity index (χ3v) is 2.59. The molecule has 0 atom stereocenters. The molecule has 2 heteroatoms. The van der Waals surface area contributed by atoms with Gasteiger partial charge in [-0.2, -0.15) is 0 Å². The smallest absolute Gasteiger partial charge is 0.159 e. The Bertz CT molecular complexity index is 495. The predicted octanol–water partition coefficient (Wildman–Crippen LogP) is 3.55. The number of nitrogens with zero attached hydrogens (tertiary/aromatic N) is 2. The van der Waals surface area contributed by atoms with Crippen LogP contribution < -0.4 is 0 Å². The molecule has 85 valence electrons. The van der Waals surface area contributed by atoms with Gasteiger partial charge in [0.05, 0.1) is 0 Å². The average Bonchev–Trinajstić information content (AvgIpc) is 2.40. The van der Waals surface area contributed by atoms with E-state index in [9.17, 15) is 0 Å². The van der Waals surface area contributed by atoms with Crippen molar-refractivity contribution >= 4 is 6.08 Å². The highest BCUT2D eigenvalue weighted by atomic mass is 14.9. The minimum Gasteiger partial charge on any atom is -0.236 e. The van der Waals surface area contributed by atoms with E-state index in [0.717, 1.165) is 28.9 Å². The van der Waals surface area contributed by atoms with Crippen molar-refractivity contribution in [2.24, 2.45) is 0 Å². The molecule has 0 N–H and O–H groups in total. The number of hydrogen-bond acceptors (Lipinski definition) is 2. The molecule has 1 aromatic carbocycles. The molecule has 2 nitrogen and oxygen atoms in total. The molecule has 2 rings (SSSR count). The topological polar surface area (TPSA) is 25.8 Å². The molecule has 1 heterocycles. The number of aryl methyl sites for hydroxylation is 1. The van der Waals surface area contributed by atoms with E-state index < -0.39 is 0 Å². The summed E-state index contributed by atoms with van der Waals surface area (Å²) in [6, 6.07) is 8.12. The Labute approximate surface area is 102 Å². The van der Waals surface area contributed by atoms with E-state index in [-0.39, 0.29) is 0 Å². The van der Waals surface area contributed by atoms with Crippen LogP contribution in [0.3, 0.4) is 0 Å². The van der Waals surface area contributed by atoms with Crippen LogP contribution in [0.4, 0.5) is 0 Å². The van der Waals surface area contributed by atoms with E-state index in [2.05, 4.69) is 23.8 Å². The van der Waals surface area contributed by atoms with Crippen LogP contribution in [0.5, 0.6) is 0 Å². The Morgan fingerprint density at radius 3 is 2.29 bits per heavy atom. The Balaban J connectivity index is 2.26. The van der Waals surface area contributed by atoms with Gasteiger partial charge < -0.3 is 0 Å². The van der Waals surface area contributed by atoms with Gasteiger partial charge in [-0.3, -0.25) is 0 Å². The first-order valence-corrected chi connectivity index (χ1v) is 5.70. The highest BCUT2D eigenvalue weighted by Crippen LogP contribution is 2.16. The van der Waals surface area contributed by atoms with Crippen LogP contribution in [0.2, 0.25) is 0 Å². The summed E-state index contributed by atoms with van der Waals surface area (Å²) < 4.78 is 0. The molecule has 0 saturated carbocycles. The number of hydrogen-bond donors (Lipinski definition) is 0. The fraction of sp³-hybridized carbons (Fsp3) is 0.133. The summed E-state index contributed by atoms with van der Waals surface area (Å²) >= 11 is 0. The van der Waals surface area contributed by atoms with Crippen LogP contribution in [0, 0.1) is 6.92 Å². The predicted molar refractivity (Wildman–Crippen MR) is 71.2 cm³/mol. The Morgan fingerprint density at radius 2 is 1.76 bits per heavy atom. The van der Waals surface area contributed by atoms with Crippen LogP contribution >= 0.6 is 0 Å². The van der Waals surface area contributed by atoms with Gasteiger partial charge in [-0.25, -0.2) is 9.97 Å². The second kappa shape index (κ2) is 5.39. The van der Waals surface area contributed by atoms with E-state index in [1.54, 1.807) is 6.08 Å². The number of allylic oxidation sites excluding steroid dienone is 1. The molecule has 0 aliphatic heterocycles. The molecule has 1 aromatic heterocycles. The Hall–Kier alpha value is -1.96. The van der Waals surface area contributed by atoms with Gasteiger partial charge in [0.25, 0.3) is 0 Å². The highest BCUT2D eigenvalue weighted by molar-refractivity contribution is 5.59. The number of benzene rings is 1. The van der Waals surface area contributed by atoms with E-state index in [1.807, 2.05) is 42.7 Å². The van der Waals surface area contributed by atoms with Crippen molar-refractivity contribution < 1.29 is 0 Å². The van der Waals surface area contributed by atoms with Crippen molar-refractivity contribution in [2.45, 2.75) is 13.3 Å². The largest absolute Gasteiger partial charge is 0.236 e. The first-order chi connectivity index (χ1) is 8.33. The van der Waals surface area contributed by atoms with Crippen molar-refractivity contribution in [1.29, 1.82) is 0 Å². The summed E-state index contributed by atoms with van der Waals surface area (Å²) in [4.78, 5) is 8.71. The van der Waals surface area contributed by atoms with Crippen molar-refractivity contribution in [3.05, 3.63) is 60.8 Å². The van der Waals surface area contributed by atoms with Crippen LogP contribution in [0.15, 0.2) is 42.7 Å². The minimum atomic E-state index is 0.771. The summed E-state index contributed by atoms with van der Waals surface area (Å²) in [6.45, 7) is 5.77. The van der Waals surface area contributed by atoms with Crippen molar-refractivity contribution in [3.63, 3.8) is 0 Å². The van der Waals surface area contributed by atoms with Crippen molar-refractivity contribution in [2.75, 3.05) is 0 Å². The third-order valence-electron chi connectivity index (χ3n) is 2.59. The lowest BCUT2D eigenvalue weighted by Gasteiger charge is -2.01. The Kier molecular flexibility index (Phi) is 3.66. The lowest BCUT2D eigenvalue weighted by molar-refractivity contribution is 1.05. The molecule has 0 aliphatic rings. The zero-order chi connectivity index (χ0) is 12.1. The summed E-state index contributed by atoms with van der Waals surface area (Å²) in [6.07, 6.45) is 8.47. The quantitative estimate of drug-likeness (QED) is 0.795. The lowest BCUT2D eigenvalue weighted by Crippen LogP contribution is -1.91. The molecule has 0 fully saturated rings. The monoisotopic (exact) mass is 223 g/mol. The first-order valence-electron chi connectivity index (χ1n) is 5.70. The van der Waals surface area contributed by atoms with Crippen LogP contribution in [-0.4, -0.2) is 9.97 Å². The fourth-order valence-corrected chi connectivity index (χ4v) is 1.57. The summed E-state index contributed by atoms with van der Waals surface area (Å²) in [5.74, 6) is 0.771. The maximum atomic E-state index is 4.35. The van der Waals surface area contributed by atoms with Gasteiger partial charge in [0.15, 0.2) is 5.82 Å². The van der Waals surface area contributed by atoms with Gasteiger partial charge in [-0.15, -0.1) is 0 Å². The van der Waals surface area contributed by atoms with Gasteiger partial charge in [0, 0.05) is 18.0 Å². The van der Waals surface area contributed by atoms with E-state index >= 15 is 0 Å².